The van der Waals surface area contributed by atoms with Gasteiger partial charge in [0.1, 0.15) is 11.4 Å². The van der Waals surface area contributed by atoms with Crippen LogP contribution in [-0.4, -0.2) is 16.0 Å². The second-order valence-electron chi connectivity index (χ2n) is 4.00. The number of nitrogens with zero attached hydrogens (tertiary/aromatic N) is 1. The summed E-state index contributed by atoms with van der Waals surface area (Å²) in [5.41, 5.74) is 0.0471. The van der Waals surface area contributed by atoms with Crippen molar-refractivity contribution in [2.75, 3.05) is 5.23 Å². The monoisotopic (exact) mass is 197 g/mol. The van der Waals surface area contributed by atoms with Crippen LogP contribution < -0.4 is 9.96 Å². The van der Waals surface area contributed by atoms with Crippen LogP contribution in [-0.2, 0) is 0 Å². The normalized spacial score (nSPS) is 11.2. The zero-order chi connectivity index (χ0) is 10.8. The minimum atomic E-state index is -0.250. The summed E-state index contributed by atoms with van der Waals surface area (Å²) >= 11 is 0. The molecule has 4 heteroatoms. The molecule has 0 fully saturated rings. The van der Waals surface area contributed by atoms with Crippen LogP contribution in [0.25, 0.3) is 0 Å². The van der Waals surface area contributed by atoms with Gasteiger partial charge in [0.25, 0.3) is 0 Å². The first-order valence-corrected chi connectivity index (χ1v) is 4.35. The summed E-state index contributed by atoms with van der Waals surface area (Å²) in [5.74, 6) is 0.697. The number of rotatable bonds is 2. The SMILES string of the molecule is CC(C)(C)Oc1ccc(N(O)O)cc1. The number of ether oxygens (including phenoxy) is 1. The number of hydrogen-bond acceptors (Lipinski definition) is 4. The van der Waals surface area contributed by atoms with E-state index in [1.54, 1.807) is 24.3 Å². The maximum Gasteiger partial charge on any atom is 0.120 e. The molecule has 0 saturated heterocycles. The summed E-state index contributed by atoms with van der Waals surface area (Å²) in [5, 5.41) is 17.5. The lowest BCUT2D eigenvalue weighted by atomic mass is 10.2. The predicted molar refractivity (Wildman–Crippen MR) is 52.9 cm³/mol. The van der Waals surface area contributed by atoms with Crippen molar-refractivity contribution in [1.82, 2.24) is 0 Å². The van der Waals surface area contributed by atoms with E-state index in [2.05, 4.69) is 0 Å². The Morgan fingerprint density at radius 1 is 1.07 bits per heavy atom. The van der Waals surface area contributed by atoms with Gasteiger partial charge in [-0.15, -0.1) is 5.23 Å². The van der Waals surface area contributed by atoms with Crippen molar-refractivity contribution in [3.63, 3.8) is 0 Å². The Hall–Kier alpha value is -1.26. The quantitative estimate of drug-likeness (QED) is 0.715. The van der Waals surface area contributed by atoms with Crippen LogP contribution >= 0.6 is 0 Å². The van der Waals surface area contributed by atoms with Crippen molar-refractivity contribution in [3.05, 3.63) is 24.3 Å². The third-order valence-corrected chi connectivity index (χ3v) is 1.49. The molecule has 0 aliphatic rings. The molecule has 0 bridgehead atoms. The Labute approximate surface area is 83.3 Å². The van der Waals surface area contributed by atoms with Gasteiger partial charge in [-0.25, -0.2) is 0 Å². The average Bonchev–Trinajstić information content (AvgIpc) is 2.02. The summed E-state index contributed by atoms with van der Waals surface area (Å²) < 4.78 is 5.55. The van der Waals surface area contributed by atoms with Gasteiger partial charge in [0, 0.05) is 0 Å². The first-order valence-electron chi connectivity index (χ1n) is 4.35. The lowest BCUT2D eigenvalue weighted by Gasteiger charge is -2.21. The standard InChI is InChI=1S/C10H15NO3/c1-10(2,3)14-9-6-4-8(5-7-9)11(12)13/h4-7,12-13H,1-3H3. The first-order chi connectivity index (χ1) is 6.38. The fourth-order valence-corrected chi connectivity index (χ4v) is 1.00. The lowest BCUT2D eigenvalue weighted by molar-refractivity contribution is 0.0291. The largest absolute Gasteiger partial charge is 0.488 e. The predicted octanol–water partition coefficient (Wildman–Crippen LogP) is 2.45. The van der Waals surface area contributed by atoms with E-state index in [9.17, 15) is 0 Å². The van der Waals surface area contributed by atoms with Crippen LogP contribution in [0.2, 0.25) is 0 Å². The molecule has 78 valence electrons. The highest BCUT2D eigenvalue weighted by atomic mass is 16.8. The van der Waals surface area contributed by atoms with Gasteiger partial charge < -0.3 is 4.74 Å². The van der Waals surface area contributed by atoms with E-state index in [1.165, 1.54) is 0 Å². The van der Waals surface area contributed by atoms with Gasteiger partial charge in [-0.2, -0.15) is 0 Å². The van der Waals surface area contributed by atoms with Crippen LogP contribution in [0.1, 0.15) is 20.8 Å². The van der Waals surface area contributed by atoms with Crippen molar-refractivity contribution in [2.24, 2.45) is 0 Å². The Balaban J connectivity index is 2.74. The zero-order valence-corrected chi connectivity index (χ0v) is 8.56. The zero-order valence-electron chi connectivity index (χ0n) is 8.56. The van der Waals surface area contributed by atoms with Crippen molar-refractivity contribution < 1.29 is 15.2 Å². The summed E-state index contributed by atoms with van der Waals surface area (Å²) in [6.45, 7) is 5.85. The Morgan fingerprint density at radius 2 is 1.57 bits per heavy atom. The molecule has 0 saturated carbocycles. The van der Waals surface area contributed by atoms with Gasteiger partial charge in [0.2, 0.25) is 0 Å². The average molecular weight is 197 g/mol. The van der Waals surface area contributed by atoms with Gasteiger partial charge in [-0.05, 0) is 45.0 Å². The van der Waals surface area contributed by atoms with Crippen molar-refractivity contribution >= 4 is 5.69 Å². The second kappa shape index (κ2) is 3.86. The van der Waals surface area contributed by atoms with E-state index in [1.807, 2.05) is 20.8 Å². The molecule has 1 rings (SSSR count). The molecular weight excluding hydrogens is 182 g/mol. The van der Waals surface area contributed by atoms with E-state index < -0.39 is 0 Å². The molecular formula is C10H15NO3. The summed E-state index contributed by atoms with van der Waals surface area (Å²) in [4.78, 5) is 0. The molecule has 0 unspecified atom stereocenters. The molecule has 0 heterocycles. The summed E-state index contributed by atoms with van der Waals surface area (Å²) in [6.07, 6.45) is 0. The summed E-state index contributed by atoms with van der Waals surface area (Å²) in [7, 11) is 0. The Bertz CT molecular complexity index is 287. The third kappa shape index (κ3) is 3.24. The molecule has 4 nitrogen and oxygen atoms in total. The lowest BCUT2D eigenvalue weighted by Crippen LogP contribution is -2.22. The van der Waals surface area contributed by atoms with E-state index in [0.29, 0.717) is 11.4 Å². The van der Waals surface area contributed by atoms with Gasteiger partial charge in [0.05, 0.1) is 5.69 Å². The van der Waals surface area contributed by atoms with Crippen LogP contribution in [0.3, 0.4) is 0 Å². The van der Waals surface area contributed by atoms with Crippen LogP contribution in [0.4, 0.5) is 5.69 Å². The highest BCUT2D eigenvalue weighted by Crippen LogP contribution is 2.21. The van der Waals surface area contributed by atoms with Gasteiger partial charge in [0.15, 0.2) is 0 Å². The van der Waals surface area contributed by atoms with Crippen molar-refractivity contribution in [1.29, 1.82) is 0 Å². The fourth-order valence-electron chi connectivity index (χ4n) is 1.00. The number of hydrogen-bond donors (Lipinski definition) is 2. The van der Waals surface area contributed by atoms with E-state index in [0.717, 1.165) is 0 Å². The topological polar surface area (TPSA) is 52.9 Å². The molecule has 0 aliphatic heterocycles. The Kier molecular flexibility index (Phi) is 2.98. The van der Waals surface area contributed by atoms with Gasteiger partial charge in [-0.3, -0.25) is 10.4 Å². The molecule has 1 aromatic carbocycles. The van der Waals surface area contributed by atoms with Gasteiger partial charge in [-0.1, -0.05) is 0 Å². The molecule has 0 aliphatic carbocycles. The van der Waals surface area contributed by atoms with E-state index in [-0.39, 0.29) is 10.8 Å². The third-order valence-electron chi connectivity index (χ3n) is 1.49. The smallest absolute Gasteiger partial charge is 0.120 e. The fraction of sp³-hybridized carbons (Fsp3) is 0.400. The molecule has 0 spiro atoms. The van der Waals surface area contributed by atoms with Crippen LogP contribution in [0, 0.1) is 0 Å². The van der Waals surface area contributed by atoms with Crippen LogP contribution in [0.5, 0.6) is 5.75 Å². The summed E-state index contributed by atoms with van der Waals surface area (Å²) in [6, 6.07) is 6.47. The minimum Gasteiger partial charge on any atom is -0.488 e. The molecule has 0 radical (unpaired) electrons. The maximum atomic E-state index is 8.70. The molecule has 0 amide bonds. The van der Waals surface area contributed by atoms with Crippen molar-refractivity contribution in [2.45, 2.75) is 26.4 Å². The van der Waals surface area contributed by atoms with Gasteiger partial charge >= 0.3 is 0 Å². The maximum absolute atomic E-state index is 8.70. The minimum absolute atomic E-state index is 0.0703. The molecule has 0 aromatic heterocycles. The first kappa shape index (κ1) is 10.8. The van der Waals surface area contributed by atoms with E-state index in [4.69, 9.17) is 15.2 Å². The highest BCUT2D eigenvalue weighted by Gasteiger charge is 2.11. The molecule has 1 aromatic rings. The second-order valence-corrected chi connectivity index (χ2v) is 4.00. The number of benzene rings is 1. The molecule has 0 atom stereocenters. The highest BCUT2D eigenvalue weighted by molar-refractivity contribution is 5.44. The van der Waals surface area contributed by atoms with Crippen LogP contribution in [0.15, 0.2) is 24.3 Å². The van der Waals surface area contributed by atoms with E-state index >= 15 is 0 Å². The number of anilines is 1. The van der Waals surface area contributed by atoms with Crippen molar-refractivity contribution in [3.8, 4) is 5.75 Å². The molecule has 2 N–H and O–H groups in total. The molecule has 14 heavy (non-hydrogen) atoms. The Morgan fingerprint density at radius 3 is 1.93 bits per heavy atom.